The fraction of sp³-hybridized carbons (Fsp3) is 0.467. The summed E-state index contributed by atoms with van der Waals surface area (Å²) in [6, 6.07) is 9.20. The summed E-state index contributed by atoms with van der Waals surface area (Å²) in [6.45, 7) is 3.16. The molecule has 2 amide bonds. The molecule has 3 N–H and O–H groups in total. The number of para-hydroxylation sites is 1. The summed E-state index contributed by atoms with van der Waals surface area (Å²) < 4.78 is 5.49. The van der Waals surface area contributed by atoms with Gasteiger partial charge in [-0.3, -0.25) is 4.79 Å². The van der Waals surface area contributed by atoms with Crippen LogP contribution >= 0.6 is 0 Å². The van der Waals surface area contributed by atoms with Gasteiger partial charge in [0.2, 0.25) is 0 Å². The van der Waals surface area contributed by atoms with E-state index in [2.05, 4.69) is 10.6 Å². The number of rotatable bonds is 9. The second kappa shape index (κ2) is 9.63. The maximum absolute atomic E-state index is 11.5. The minimum atomic E-state index is -0.859. The number of aliphatic carboxylic acids is 1. The van der Waals surface area contributed by atoms with Crippen LogP contribution in [-0.4, -0.2) is 36.8 Å². The molecule has 0 saturated carbocycles. The maximum Gasteiger partial charge on any atom is 0.314 e. The maximum atomic E-state index is 11.5. The van der Waals surface area contributed by atoms with E-state index in [1.165, 1.54) is 0 Å². The molecule has 0 aliphatic carbocycles. The summed E-state index contributed by atoms with van der Waals surface area (Å²) in [6.07, 6.45) is 0.748. The van der Waals surface area contributed by atoms with Crippen LogP contribution in [0, 0.1) is 5.92 Å². The third-order valence-corrected chi connectivity index (χ3v) is 2.75. The summed E-state index contributed by atoms with van der Waals surface area (Å²) >= 11 is 0. The van der Waals surface area contributed by atoms with E-state index in [1.807, 2.05) is 30.3 Å². The zero-order chi connectivity index (χ0) is 15.5. The van der Waals surface area contributed by atoms with Crippen LogP contribution in [0.5, 0.6) is 5.75 Å². The number of nitrogens with one attached hydrogen (secondary N) is 2. The molecule has 1 atom stereocenters. The number of carbonyl (C=O) groups excluding carboxylic acids is 1. The molecule has 0 aromatic heterocycles. The molecule has 0 bridgehead atoms. The highest BCUT2D eigenvalue weighted by Crippen LogP contribution is 2.07. The molecule has 0 heterocycles. The molecule has 0 spiro atoms. The van der Waals surface area contributed by atoms with Gasteiger partial charge in [-0.05, 0) is 24.5 Å². The number of hydrogen-bond donors (Lipinski definition) is 3. The van der Waals surface area contributed by atoms with Crippen molar-refractivity contribution in [1.82, 2.24) is 10.6 Å². The van der Waals surface area contributed by atoms with Crippen molar-refractivity contribution in [2.24, 2.45) is 5.92 Å². The van der Waals surface area contributed by atoms with Crippen LogP contribution in [0.2, 0.25) is 0 Å². The van der Waals surface area contributed by atoms with Crippen molar-refractivity contribution in [3.8, 4) is 5.75 Å². The van der Waals surface area contributed by atoms with Crippen molar-refractivity contribution < 1.29 is 19.4 Å². The van der Waals surface area contributed by atoms with Crippen LogP contribution in [0.25, 0.3) is 0 Å². The number of carboxylic acid groups (broad SMARTS) is 1. The van der Waals surface area contributed by atoms with Crippen LogP contribution in [0.1, 0.15) is 19.8 Å². The SMILES string of the molecule is CC(CNC(=O)NCCCOc1ccccc1)CC(=O)O. The molecule has 0 saturated heterocycles. The van der Waals surface area contributed by atoms with E-state index < -0.39 is 5.97 Å². The zero-order valence-corrected chi connectivity index (χ0v) is 12.2. The number of carboxylic acids is 1. The number of carbonyl (C=O) groups is 2. The summed E-state index contributed by atoms with van der Waals surface area (Å²) in [5, 5.41) is 13.9. The van der Waals surface area contributed by atoms with Gasteiger partial charge in [0.15, 0.2) is 0 Å². The number of hydrogen-bond acceptors (Lipinski definition) is 3. The molecular weight excluding hydrogens is 272 g/mol. The lowest BCUT2D eigenvalue weighted by Gasteiger charge is -2.11. The highest BCUT2D eigenvalue weighted by Gasteiger charge is 2.08. The summed E-state index contributed by atoms with van der Waals surface area (Å²) in [5.41, 5.74) is 0. The van der Waals surface area contributed by atoms with Gasteiger partial charge in [0.05, 0.1) is 6.61 Å². The highest BCUT2D eigenvalue weighted by atomic mass is 16.5. The molecule has 21 heavy (non-hydrogen) atoms. The molecule has 1 aromatic rings. The van der Waals surface area contributed by atoms with Crippen LogP contribution < -0.4 is 15.4 Å². The van der Waals surface area contributed by atoms with Crippen LogP contribution in [0.15, 0.2) is 30.3 Å². The Hall–Kier alpha value is -2.24. The molecule has 6 nitrogen and oxygen atoms in total. The van der Waals surface area contributed by atoms with Gasteiger partial charge in [-0.2, -0.15) is 0 Å². The first kappa shape index (κ1) is 16.8. The van der Waals surface area contributed by atoms with Gasteiger partial charge >= 0.3 is 12.0 Å². The molecule has 0 fully saturated rings. The van der Waals surface area contributed by atoms with Crippen LogP contribution in [0.4, 0.5) is 4.79 Å². The van der Waals surface area contributed by atoms with Crippen molar-refractivity contribution in [3.63, 3.8) is 0 Å². The van der Waals surface area contributed by atoms with Crippen molar-refractivity contribution in [2.75, 3.05) is 19.7 Å². The Balaban J connectivity index is 2.02. The van der Waals surface area contributed by atoms with E-state index in [9.17, 15) is 9.59 Å². The third kappa shape index (κ3) is 8.52. The minimum absolute atomic E-state index is 0.0468. The van der Waals surface area contributed by atoms with Gasteiger partial charge in [-0.1, -0.05) is 25.1 Å². The van der Waals surface area contributed by atoms with E-state index in [0.717, 1.165) is 5.75 Å². The van der Waals surface area contributed by atoms with Crippen LogP contribution in [0.3, 0.4) is 0 Å². The van der Waals surface area contributed by atoms with Crippen molar-refractivity contribution in [3.05, 3.63) is 30.3 Å². The zero-order valence-electron chi connectivity index (χ0n) is 12.2. The molecule has 1 rings (SSSR count). The number of amides is 2. The molecule has 116 valence electrons. The standard InChI is InChI=1S/C15H22N2O4/c1-12(10-14(18)19)11-17-15(20)16-8-5-9-21-13-6-3-2-4-7-13/h2-4,6-7,12H,5,8-11H2,1H3,(H,18,19)(H2,16,17,20). The topological polar surface area (TPSA) is 87.7 Å². The second-order valence-electron chi connectivity index (χ2n) is 4.85. The summed E-state index contributed by atoms with van der Waals surface area (Å²) in [7, 11) is 0. The van der Waals surface area contributed by atoms with E-state index >= 15 is 0 Å². The highest BCUT2D eigenvalue weighted by molar-refractivity contribution is 5.73. The van der Waals surface area contributed by atoms with Gasteiger partial charge in [0.25, 0.3) is 0 Å². The van der Waals surface area contributed by atoms with Gasteiger partial charge in [-0.15, -0.1) is 0 Å². The lowest BCUT2D eigenvalue weighted by Crippen LogP contribution is -2.38. The molecule has 0 aliphatic heterocycles. The van der Waals surface area contributed by atoms with E-state index in [-0.39, 0.29) is 18.4 Å². The Morgan fingerprint density at radius 2 is 1.95 bits per heavy atom. The van der Waals surface area contributed by atoms with Gasteiger partial charge < -0.3 is 20.5 Å². The lowest BCUT2D eigenvalue weighted by molar-refractivity contribution is -0.137. The summed E-state index contributed by atoms with van der Waals surface area (Å²) in [5.74, 6) is -0.137. The van der Waals surface area contributed by atoms with Crippen LogP contribution in [-0.2, 0) is 4.79 Å². The van der Waals surface area contributed by atoms with Gasteiger partial charge in [0, 0.05) is 19.5 Å². The summed E-state index contributed by atoms with van der Waals surface area (Å²) in [4.78, 5) is 21.9. The minimum Gasteiger partial charge on any atom is -0.494 e. The van der Waals surface area contributed by atoms with Gasteiger partial charge in [0.1, 0.15) is 5.75 Å². The van der Waals surface area contributed by atoms with Crippen molar-refractivity contribution in [2.45, 2.75) is 19.8 Å². The fourth-order valence-corrected chi connectivity index (χ4v) is 1.68. The molecule has 0 aliphatic rings. The first-order chi connectivity index (χ1) is 10.1. The average Bonchev–Trinajstić information content (AvgIpc) is 2.45. The smallest absolute Gasteiger partial charge is 0.314 e. The van der Waals surface area contributed by atoms with Crippen molar-refractivity contribution in [1.29, 1.82) is 0 Å². The Labute approximate surface area is 124 Å². The molecule has 1 unspecified atom stereocenters. The Morgan fingerprint density at radius 1 is 1.24 bits per heavy atom. The second-order valence-corrected chi connectivity index (χ2v) is 4.85. The quantitative estimate of drug-likeness (QED) is 0.607. The molecule has 0 radical (unpaired) electrons. The first-order valence-electron chi connectivity index (χ1n) is 6.99. The first-order valence-corrected chi connectivity index (χ1v) is 6.99. The largest absolute Gasteiger partial charge is 0.494 e. The van der Waals surface area contributed by atoms with Gasteiger partial charge in [-0.25, -0.2) is 4.79 Å². The normalized spacial score (nSPS) is 11.5. The number of benzene rings is 1. The number of ether oxygens (including phenoxy) is 1. The Bertz CT molecular complexity index is 437. The molecule has 1 aromatic carbocycles. The molecule has 6 heteroatoms. The number of urea groups is 1. The van der Waals surface area contributed by atoms with E-state index in [1.54, 1.807) is 6.92 Å². The van der Waals surface area contributed by atoms with E-state index in [4.69, 9.17) is 9.84 Å². The third-order valence-electron chi connectivity index (χ3n) is 2.75. The lowest BCUT2D eigenvalue weighted by atomic mass is 10.1. The predicted octanol–water partition coefficient (Wildman–Crippen LogP) is 1.87. The Morgan fingerprint density at radius 3 is 2.62 bits per heavy atom. The fourth-order valence-electron chi connectivity index (χ4n) is 1.68. The molecular formula is C15H22N2O4. The van der Waals surface area contributed by atoms with Crippen molar-refractivity contribution >= 4 is 12.0 Å². The average molecular weight is 294 g/mol. The monoisotopic (exact) mass is 294 g/mol. The van der Waals surface area contributed by atoms with E-state index in [0.29, 0.717) is 26.1 Å². The predicted molar refractivity (Wildman–Crippen MR) is 79.4 cm³/mol. The Kier molecular flexibility index (Phi) is 7.71.